The van der Waals surface area contributed by atoms with E-state index in [1.807, 2.05) is 0 Å². The molecule has 2 amide bonds. The monoisotopic (exact) mass is 344 g/mol. The van der Waals surface area contributed by atoms with Gasteiger partial charge in [-0.25, -0.2) is 0 Å². The molecule has 25 heavy (non-hydrogen) atoms. The highest BCUT2D eigenvalue weighted by Crippen LogP contribution is 2.14. The molecule has 0 saturated heterocycles. The molecule has 0 aliphatic heterocycles. The van der Waals surface area contributed by atoms with Crippen LogP contribution in [0.3, 0.4) is 0 Å². The molecule has 0 saturated carbocycles. The molecular formula is C19H24N2O4. The molecular weight excluding hydrogens is 320 g/mol. The number of amides is 2. The highest BCUT2D eigenvalue weighted by Gasteiger charge is 2.17. The van der Waals surface area contributed by atoms with Gasteiger partial charge >= 0.3 is 0 Å². The first-order valence-corrected chi connectivity index (χ1v) is 8.24. The van der Waals surface area contributed by atoms with Gasteiger partial charge in [0.25, 0.3) is 11.8 Å². The zero-order chi connectivity index (χ0) is 18.2. The molecule has 1 aromatic heterocycles. The van der Waals surface area contributed by atoms with E-state index in [1.165, 1.54) is 6.26 Å². The third-order valence-corrected chi connectivity index (χ3v) is 3.57. The van der Waals surface area contributed by atoms with Crippen molar-refractivity contribution in [1.82, 2.24) is 4.90 Å². The Labute approximate surface area is 147 Å². The maximum absolute atomic E-state index is 12.7. The van der Waals surface area contributed by atoms with Gasteiger partial charge in [-0.2, -0.15) is 0 Å². The Balaban J connectivity index is 2.03. The normalized spacial score (nSPS) is 10.7. The van der Waals surface area contributed by atoms with Gasteiger partial charge in [-0.1, -0.05) is 13.8 Å². The lowest BCUT2D eigenvalue weighted by Gasteiger charge is -2.24. The molecule has 1 aromatic carbocycles. The summed E-state index contributed by atoms with van der Waals surface area (Å²) in [5, 5.41) is 2.73. The molecule has 2 rings (SSSR count). The van der Waals surface area contributed by atoms with Crippen molar-refractivity contribution in [3.05, 3.63) is 54.0 Å². The van der Waals surface area contributed by atoms with Crippen molar-refractivity contribution >= 4 is 17.5 Å². The van der Waals surface area contributed by atoms with Gasteiger partial charge in [0.1, 0.15) is 0 Å². The van der Waals surface area contributed by atoms with Crippen LogP contribution >= 0.6 is 0 Å². The minimum Gasteiger partial charge on any atom is -0.459 e. The van der Waals surface area contributed by atoms with E-state index in [1.54, 1.807) is 48.4 Å². The fraction of sp³-hybridized carbons (Fsp3) is 0.368. The van der Waals surface area contributed by atoms with Gasteiger partial charge in [0, 0.05) is 31.5 Å². The van der Waals surface area contributed by atoms with Crippen LogP contribution in [0.4, 0.5) is 5.69 Å². The van der Waals surface area contributed by atoms with Gasteiger partial charge in [0.15, 0.2) is 5.76 Å². The molecule has 0 bridgehead atoms. The first kappa shape index (κ1) is 18.7. The van der Waals surface area contributed by atoms with E-state index in [0.717, 1.165) is 0 Å². The van der Waals surface area contributed by atoms with Gasteiger partial charge in [-0.05, 0) is 42.3 Å². The topological polar surface area (TPSA) is 71.8 Å². The number of nitrogens with zero attached hydrogens (tertiary/aromatic N) is 1. The van der Waals surface area contributed by atoms with Crippen molar-refractivity contribution in [2.24, 2.45) is 5.92 Å². The highest BCUT2D eigenvalue weighted by molar-refractivity contribution is 6.02. The second kappa shape index (κ2) is 9.03. The molecule has 1 heterocycles. The van der Waals surface area contributed by atoms with Gasteiger partial charge in [0.2, 0.25) is 0 Å². The van der Waals surface area contributed by atoms with Crippen molar-refractivity contribution in [3.63, 3.8) is 0 Å². The van der Waals surface area contributed by atoms with Gasteiger partial charge in [-0.3, -0.25) is 9.59 Å². The van der Waals surface area contributed by atoms with Crippen molar-refractivity contribution in [2.75, 3.05) is 32.1 Å². The lowest BCUT2D eigenvalue weighted by Crippen LogP contribution is -2.36. The molecule has 0 aliphatic rings. The van der Waals surface area contributed by atoms with Crippen molar-refractivity contribution < 1.29 is 18.7 Å². The van der Waals surface area contributed by atoms with E-state index in [0.29, 0.717) is 36.9 Å². The Hall–Kier alpha value is -2.60. The van der Waals surface area contributed by atoms with Crippen LogP contribution in [-0.4, -0.2) is 43.5 Å². The number of hydrogen-bond donors (Lipinski definition) is 1. The summed E-state index contributed by atoms with van der Waals surface area (Å²) in [6.45, 7) is 5.85. The van der Waals surface area contributed by atoms with Crippen molar-refractivity contribution in [2.45, 2.75) is 13.8 Å². The van der Waals surface area contributed by atoms with E-state index < -0.39 is 0 Å². The quantitative estimate of drug-likeness (QED) is 0.798. The van der Waals surface area contributed by atoms with E-state index in [4.69, 9.17) is 9.15 Å². The Morgan fingerprint density at radius 2 is 1.92 bits per heavy atom. The number of hydrogen-bond acceptors (Lipinski definition) is 4. The fourth-order valence-corrected chi connectivity index (χ4v) is 2.40. The summed E-state index contributed by atoms with van der Waals surface area (Å²) >= 11 is 0. The van der Waals surface area contributed by atoms with Crippen LogP contribution in [0, 0.1) is 5.92 Å². The van der Waals surface area contributed by atoms with Crippen molar-refractivity contribution in [1.29, 1.82) is 0 Å². The zero-order valence-corrected chi connectivity index (χ0v) is 14.8. The molecule has 0 radical (unpaired) electrons. The SMILES string of the molecule is COCCN(CC(C)C)C(=O)c1ccc(NC(=O)c2ccco2)cc1. The van der Waals surface area contributed by atoms with Gasteiger partial charge in [0.05, 0.1) is 12.9 Å². The summed E-state index contributed by atoms with van der Waals surface area (Å²) in [4.78, 5) is 26.4. The molecule has 0 atom stereocenters. The zero-order valence-electron chi connectivity index (χ0n) is 14.8. The fourth-order valence-electron chi connectivity index (χ4n) is 2.40. The van der Waals surface area contributed by atoms with E-state index >= 15 is 0 Å². The summed E-state index contributed by atoms with van der Waals surface area (Å²) in [5.41, 5.74) is 1.18. The van der Waals surface area contributed by atoms with Crippen LogP contribution in [0.15, 0.2) is 47.1 Å². The molecule has 6 heteroatoms. The predicted octanol–water partition coefficient (Wildman–Crippen LogP) is 3.28. The Morgan fingerprint density at radius 1 is 1.20 bits per heavy atom. The van der Waals surface area contributed by atoms with Crippen LogP contribution in [0.5, 0.6) is 0 Å². The number of carbonyl (C=O) groups is 2. The summed E-state index contributed by atoms with van der Waals surface area (Å²) in [7, 11) is 1.62. The molecule has 2 aromatic rings. The Morgan fingerprint density at radius 3 is 2.48 bits per heavy atom. The van der Waals surface area contributed by atoms with Crippen LogP contribution in [0.1, 0.15) is 34.8 Å². The second-order valence-electron chi connectivity index (χ2n) is 6.15. The molecule has 6 nitrogen and oxygen atoms in total. The number of benzene rings is 1. The van der Waals surface area contributed by atoms with Crippen LogP contribution in [-0.2, 0) is 4.74 Å². The number of rotatable bonds is 8. The van der Waals surface area contributed by atoms with Gasteiger partial charge < -0.3 is 19.4 Å². The van der Waals surface area contributed by atoms with Crippen LogP contribution in [0.2, 0.25) is 0 Å². The largest absolute Gasteiger partial charge is 0.459 e. The number of anilines is 1. The molecule has 0 aliphatic carbocycles. The third-order valence-electron chi connectivity index (χ3n) is 3.57. The second-order valence-corrected chi connectivity index (χ2v) is 6.15. The summed E-state index contributed by atoms with van der Waals surface area (Å²) in [6, 6.07) is 10.1. The lowest BCUT2D eigenvalue weighted by molar-refractivity contribution is 0.0672. The average molecular weight is 344 g/mol. The maximum Gasteiger partial charge on any atom is 0.291 e. The number of furan rings is 1. The number of nitrogens with one attached hydrogen (secondary N) is 1. The molecule has 0 unspecified atom stereocenters. The van der Waals surface area contributed by atoms with E-state index in [9.17, 15) is 9.59 Å². The number of carbonyl (C=O) groups excluding carboxylic acids is 2. The number of methoxy groups -OCH3 is 1. The summed E-state index contributed by atoms with van der Waals surface area (Å²) in [6.07, 6.45) is 1.44. The minimum atomic E-state index is -0.328. The first-order chi connectivity index (χ1) is 12.0. The Bertz CT molecular complexity index is 678. The van der Waals surface area contributed by atoms with Gasteiger partial charge in [-0.15, -0.1) is 0 Å². The maximum atomic E-state index is 12.7. The lowest BCUT2D eigenvalue weighted by atomic mass is 10.1. The molecule has 0 spiro atoms. The highest BCUT2D eigenvalue weighted by atomic mass is 16.5. The minimum absolute atomic E-state index is 0.0466. The first-order valence-electron chi connectivity index (χ1n) is 8.24. The summed E-state index contributed by atoms with van der Waals surface area (Å²) < 4.78 is 10.1. The van der Waals surface area contributed by atoms with Crippen LogP contribution < -0.4 is 5.32 Å². The summed E-state index contributed by atoms with van der Waals surface area (Å²) in [5.74, 6) is 0.232. The van der Waals surface area contributed by atoms with E-state index in [-0.39, 0.29) is 17.6 Å². The standard InChI is InChI=1S/C19H24N2O4/c1-14(2)13-21(10-12-24-3)19(23)15-6-8-16(9-7-15)20-18(22)17-5-4-11-25-17/h4-9,11,14H,10,12-13H2,1-3H3,(H,20,22). The molecule has 0 fully saturated rings. The number of ether oxygens (including phenoxy) is 1. The molecule has 134 valence electrons. The van der Waals surface area contributed by atoms with Crippen LogP contribution in [0.25, 0.3) is 0 Å². The smallest absolute Gasteiger partial charge is 0.291 e. The third kappa shape index (κ3) is 5.46. The Kier molecular flexibility index (Phi) is 6.77. The molecule has 1 N–H and O–H groups in total. The van der Waals surface area contributed by atoms with Crippen molar-refractivity contribution in [3.8, 4) is 0 Å². The predicted molar refractivity (Wildman–Crippen MR) is 95.7 cm³/mol. The van der Waals surface area contributed by atoms with E-state index in [2.05, 4.69) is 19.2 Å². The average Bonchev–Trinajstić information content (AvgIpc) is 3.13.